The summed E-state index contributed by atoms with van der Waals surface area (Å²) in [4.78, 5) is 0. The topological polar surface area (TPSA) is 9.86 Å². The molecule has 0 bridgehead atoms. The van der Waals surface area contributed by atoms with E-state index in [9.17, 15) is 0 Å². The standard InChI is InChI=1S/C60H40N2/c1-5-16-41(17-6-1)45-28-31-59-55(38-45)56-40-47(46-29-32-58-54(39-46)53-26-13-14-27-57(53)61(58)51-23-11-4-12-24-51)30-33-60(56)62(59)52-25-15-22-44(37-52)50-35-48(42-18-7-2-8-19-42)34-49(36-50)43-20-9-3-10-21-43/h1-40H. The van der Waals surface area contributed by atoms with E-state index in [1.807, 2.05) is 0 Å². The third-order valence-electron chi connectivity index (χ3n) is 12.5. The molecule has 0 saturated heterocycles. The van der Waals surface area contributed by atoms with Crippen LogP contribution in [-0.2, 0) is 0 Å². The molecule has 0 amide bonds. The van der Waals surface area contributed by atoms with Gasteiger partial charge in [-0.25, -0.2) is 0 Å². The van der Waals surface area contributed by atoms with E-state index in [2.05, 4.69) is 252 Å². The van der Waals surface area contributed by atoms with E-state index in [0.717, 1.165) is 5.69 Å². The van der Waals surface area contributed by atoms with Crippen molar-refractivity contribution in [3.63, 3.8) is 0 Å². The van der Waals surface area contributed by atoms with Crippen LogP contribution >= 0.6 is 0 Å². The largest absolute Gasteiger partial charge is 0.309 e. The molecule has 2 heterocycles. The molecule has 12 rings (SSSR count). The Balaban J connectivity index is 1.04. The van der Waals surface area contributed by atoms with E-state index < -0.39 is 0 Å². The minimum Gasteiger partial charge on any atom is -0.309 e. The van der Waals surface area contributed by atoms with Crippen molar-refractivity contribution in [2.24, 2.45) is 0 Å². The van der Waals surface area contributed by atoms with Gasteiger partial charge in [-0.2, -0.15) is 0 Å². The third-order valence-corrected chi connectivity index (χ3v) is 12.5. The van der Waals surface area contributed by atoms with E-state index in [0.29, 0.717) is 0 Å². The fourth-order valence-corrected chi connectivity index (χ4v) is 9.51. The van der Waals surface area contributed by atoms with Crippen molar-refractivity contribution in [2.45, 2.75) is 0 Å². The fraction of sp³-hybridized carbons (Fsp3) is 0. The molecule has 0 unspecified atom stereocenters. The maximum atomic E-state index is 2.45. The van der Waals surface area contributed by atoms with Crippen LogP contribution in [0.25, 0.3) is 111 Å². The first kappa shape index (κ1) is 35.7. The summed E-state index contributed by atoms with van der Waals surface area (Å²) in [5.74, 6) is 0. The van der Waals surface area contributed by atoms with E-state index in [1.165, 1.54) is 105 Å². The highest BCUT2D eigenvalue weighted by molar-refractivity contribution is 6.13. The first-order chi connectivity index (χ1) is 30.7. The van der Waals surface area contributed by atoms with Gasteiger partial charge >= 0.3 is 0 Å². The van der Waals surface area contributed by atoms with Gasteiger partial charge in [-0.1, -0.05) is 158 Å². The summed E-state index contributed by atoms with van der Waals surface area (Å²) < 4.78 is 4.83. The van der Waals surface area contributed by atoms with Gasteiger partial charge in [-0.3, -0.25) is 0 Å². The minimum absolute atomic E-state index is 1.13. The zero-order chi connectivity index (χ0) is 41.0. The zero-order valence-electron chi connectivity index (χ0n) is 34.0. The van der Waals surface area contributed by atoms with E-state index in [1.54, 1.807) is 0 Å². The number of aromatic nitrogens is 2. The molecule has 0 aliphatic rings. The Morgan fingerprint density at radius 2 is 0.516 bits per heavy atom. The van der Waals surface area contributed by atoms with Crippen LogP contribution in [0.1, 0.15) is 0 Å². The highest BCUT2D eigenvalue weighted by atomic mass is 15.0. The molecule has 2 aromatic heterocycles. The van der Waals surface area contributed by atoms with Crippen molar-refractivity contribution in [1.29, 1.82) is 0 Å². The van der Waals surface area contributed by atoms with E-state index in [4.69, 9.17) is 0 Å². The van der Waals surface area contributed by atoms with Crippen LogP contribution in [0.3, 0.4) is 0 Å². The number of para-hydroxylation sites is 2. The third kappa shape index (κ3) is 6.12. The van der Waals surface area contributed by atoms with E-state index >= 15 is 0 Å². The van der Waals surface area contributed by atoms with Gasteiger partial charge < -0.3 is 9.13 Å². The molecule has 62 heavy (non-hydrogen) atoms. The number of hydrogen-bond acceptors (Lipinski definition) is 0. The Labute approximate surface area is 360 Å². The van der Waals surface area contributed by atoms with Crippen LogP contribution in [-0.4, -0.2) is 9.13 Å². The number of fused-ring (bicyclic) bond motifs is 6. The van der Waals surface area contributed by atoms with Crippen molar-refractivity contribution >= 4 is 43.6 Å². The average Bonchev–Trinajstić information content (AvgIpc) is 3.87. The minimum atomic E-state index is 1.13. The van der Waals surface area contributed by atoms with Gasteiger partial charge in [-0.15, -0.1) is 0 Å². The molecule has 0 aliphatic carbocycles. The van der Waals surface area contributed by atoms with Crippen LogP contribution in [0.2, 0.25) is 0 Å². The molecule has 0 radical (unpaired) electrons. The van der Waals surface area contributed by atoms with Crippen LogP contribution < -0.4 is 0 Å². The molecular formula is C60H40N2. The van der Waals surface area contributed by atoms with Crippen LogP contribution in [0, 0.1) is 0 Å². The van der Waals surface area contributed by atoms with Gasteiger partial charge in [0.2, 0.25) is 0 Å². The summed E-state index contributed by atoms with van der Waals surface area (Å²) >= 11 is 0. The number of rotatable bonds is 7. The van der Waals surface area contributed by atoms with Crippen LogP contribution in [0.15, 0.2) is 243 Å². The molecule has 0 fully saturated rings. The van der Waals surface area contributed by atoms with E-state index in [-0.39, 0.29) is 0 Å². The van der Waals surface area contributed by atoms with Crippen molar-refractivity contribution < 1.29 is 0 Å². The second-order valence-electron chi connectivity index (χ2n) is 16.2. The van der Waals surface area contributed by atoms with Gasteiger partial charge in [0.1, 0.15) is 0 Å². The summed E-state index contributed by atoms with van der Waals surface area (Å²) in [5.41, 5.74) is 19.0. The number of hydrogen-bond donors (Lipinski definition) is 0. The van der Waals surface area contributed by atoms with Gasteiger partial charge in [0.15, 0.2) is 0 Å². The summed E-state index contributed by atoms with van der Waals surface area (Å²) in [5, 5.41) is 4.96. The molecule has 0 N–H and O–H groups in total. The summed E-state index contributed by atoms with van der Waals surface area (Å²) in [7, 11) is 0. The van der Waals surface area contributed by atoms with Crippen molar-refractivity contribution in [3.05, 3.63) is 243 Å². The smallest absolute Gasteiger partial charge is 0.0541 e. The first-order valence-electron chi connectivity index (χ1n) is 21.3. The van der Waals surface area contributed by atoms with Gasteiger partial charge in [-0.05, 0) is 141 Å². The lowest BCUT2D eigenvalue weighted by Gasteiger charge is -2.14. The second kappa shape index (κ2) is 14.8. The summed E-state index contributed by atoms with van der Waals surface area (Å²) in [6.07, 6.45) is 0. The Hall–Kier alpha value is -8.20. The molecule has 0 aliphatic heterocycles. The predicted octanol–water partition coefficient (Wildman–Crippen LogP) is 16.2. The zero-order valence-corrected chi connectivity index (χ0v) is 34.0. The summed E-state index contributed by atoms with van der Waals surface area (Å²) in [6.45, 7) is 0. The molecule has 290 valence electrons. The van der Waals surface area contributed by atoms with Crippen LogP contribution in [0.4, 0.5) is 0 Å². The number of benzene rings is 10. The maximum absolute atomic E-state index is 2.45. The Morgan fingerprint density at radius 3 is 1.05 bits per heavy atom. The quantitative estimate of drug-likeness (QED) is 0.152. The lowest BCUT2D eigenvalue weighted by atomic mass is 9.93. The van der Waals surface area contributed by atoms with Gasteiger partial charge in [0.05, 0.1) is 22.1 Å². The molecule has 10 aromatic carbocycles. The fourth-order valence-electron chi connectivity index (χ4n) is 9.51. The normalized spacial score (nSPS) is 11.5. The average molecular weight is 789 g/mol. The predicted molar refractivity (Wildman–Crippen MR) is 262 cm³/mol. The SMILES string of the molecule is c1ccc(-c2cc(-c3ccccc3)cc(-c3cccc(-n4c5ccc(-c6ccccc6)cc5c5cc(-c6ccc7c(c6)c6ccccc6n7-c6ccccc6)ccc54)c3)c2)cc1. The molecule has 12 aromatic rings. The molecule has 0 saturated carbocycles. The lowest BCUT2D eigenvalue weighted by molar-refractivity contribution is 1.18. The van der Waals surface area contributed by atoms with Crippen molar-refractivity contribution in [2.75, 3.05) is 0 Å². The second-order valence-corrected chi connectivity index (χ2v) is 16.2. The first-order valence-corrected chi connectivity index (χ1v) is 21.3. The Kier molecular flexibility index (Phi) is 8.53. The highest BCUT2D eigenvalue weighted by Crippen LogP contribution is 2.41. The van der Waals surface area contributed by atoms with Crippen LogP contribution in [0.5, 0.6) is 0 Å². The maximum Gasteiger partial charge on any atom is 0.0541 e. The van der Waals surface area contributed by atoms with Gasteiger partial charge in [0, 0.05) is 32.9 Å². The molecule has 2 nitrogen and oxygen atoms in total. The van der Waals surface area contributed by atoms with Crippen molar-refractivity contribution in [1.82, 2.24) is 9.13 Å². The summed E-state index contributed by atoms with van der Waals surface area (Å²) in [6, 6.07) is 88.5. The monoisotopic (exact) mass is 788 g/mol. The lowest BCUT2D eigenvalue weighted by Crippen LogP contribution is -1.95. The molecule has 2 heteroatoms. The molecule has 0 atom stereocenters. The number of nitrogens with zero attached hydrogens (tertiary/aromatic N) is 2. The van der Waals surface area contributed by atoms with Gasteiger partial charge in [0.25, 0.3) is 0 Å². The highest BCUT2D eigenvalue weighted by Gasteiger charge is 2.18. The molecule has 0 spiro atoms. The molecular weight excluding hydrogens is 749 g/mol. The Morgan fingerprint density at radius 1 is 0.177 bits per heavy atom. The Bertz CT molecular complexity index is 3540. The van der Waals surface area contributed by atoms with Crippen molar-refractivity contribution in [3.8, 4) is 67.0 Å².